The molecule has 0 radical (unpaired) electrons. The second-order valence-electron chi connectivity index (χ2n) is 3.85. The Morgan fingerprint density at radius 3 is 2.41 bits per heavy atom. The van der Waals surface area contributed by atoms with Crippen LogP contribution in [0.25, 0.3) is 0 Å². The Hall–Kier alpha value is -0.160. The number of rotatable bonds is 4. The minimum Gasteiger partial charge on any atom is -0.313 e. The van der Waals surface area contributed by atoms with Crippen molar-refractivity contribution in [2.24, 2.45) is 0 Å². The zero-order valence-electron chi connectivity index (χ0n) is 9.41. The van der Waals surface area contributed by atoms with Crippen molar-refractivity contribution in [3.63, 3.8) is 0 Å². The molecule has 0 fully saturated rings. The summed E-state index contributed by atoms with van der Waals surface area (Å²) in [6.45, 7) is 0. The lowest BCUT2D eigenvalue weighted by atomic mass is 10.0. The Kier molecular flexibility index (Phi) is 4.79. The van der Waals surface area contributed by atoms with E-state index in [4.69, 9.17) is 0 Å². The van der Waals surface area contributed by atoms with Gasteiger partial charge in [0.1, 0.15) is 0 Å². The molecular formula is C13H13Br2NS. The summed E-state index contributed by atoms with van der Waals surface area (Å²) >= 11 is 8.78. The second kappa shape index (κ2) is 6.14. The van der Waals surface area contributed by atoms with Crippen LogP contribution in [0, 0.1) is 0 Å². The van der Waals surface area contributed by atoms with E-state index in [9.17, 15) is 0 Å². The summed E-state index contributed by atoms with van der Waals surface area (Å²) in [5.41, 5.74) is 2.67. The van der Waals surface area contributed by atoms with Crippen LogP contribution < -0.4 is 5.32 Å². The molecule has 1 heterocycles. The van der Waals surface area contributed by atoms with E-state index >= 15 is 0 Å². The number of hydrogen-bond donors (Lipinski definition) is 1. The highest BCUT2D eigenvalue weighted by molar-refractivity contribution is 9.10. The summed E-state index contributed by atoms with van der Waals surface area (Å²) < 4.78 is 2.32. The standard InChI is InChI=1S/C13H13Br2NS/c1-16-13(11-7-17-8-12(11)15)6-9-2-4-10(14)5-3-9/h2-5,7-8,13,16H,6H2,1H3. The van der Waals surface area contributed by atoms with Crippen molar-refractivity contribution in [3.8, 4) is 0 Å². The molecule has 1 N–H and O–H groups in total. The molecule has 0 aliphatic rings. The maximum Gasteiger partial charge on any atom is 0.0377 e. The summed E-state index contributed by atoms with van der Waals surface area (Å²) in [5.74, 6) is 0. The maximum atomic E-state index is 3.60. The van der Waals surface area contributed by atoms with Gasteiger partial charge in [-0.3, -0.25) is 0 Å². The van der Waals surface area contributed by atoms with Gasteiger partial charge in [-0.2, -0.15) is 11.3 Å². The van der Waals surface area contributed by atoms with Crippen LogP contribution in [0.2, 0.25) is 0 Å². The minimum atomic E-state index is 0.358. The Balaban J connectivity index is 2.16. The third kappa shape index (κ3) is 3.41. The van der Waals surface area contributed by atoms with Crippen molar-refractivity contribution >= 4 is 43.2 Å². The Morgan fingerprint density at radius 2 is 1.88 bits per heavy atom. The SMILES string of the molecule is CNC(Cc1ccc(Br)cc1)c1cscc1Br. The molecule has 4 heteroatoms. The van der Waals surface area contributed by atoms with E-state index in [0.29, 0.717) is 6.04 Å². The van der Waals surface area contributed by atoms with Crippen LogP contribution in [-0.4, -0.2) is 7.05 Å². The fourth-order valence-electron chi connectivity index (χ4n) is 1.76. The zero-order chi connectivity index (χ0) is 12.3. The van der Waals surface area contributed by atoms with Gasteiger partial charge in [0.05, 0.1) is 0 Å². The zero-order valence-corrected chi connectivity index (χ0v) is 13.4. The molecule has 1 aromatic heterocycles. The number of nitrogens with one attached hydrogen (secondary N) is 1. The molecular weight excluding hydrogens is 362 g/mol. The first-order valence-electron chi connectivity index (χ1n) is 5.34. The maximum absolute atomic E-state index is 3.60. The lowest BCUT2D eigenvalue weighted by molar-refractivity contribution is 0.592. The Bertz CT molecular complexity index is 478. The average Bonchev–Trinajstić information content (AvgIpc) is 2.75. The van der Waals surface area contributed by atoms with Crippen LogP contribution in [0.4, 0.5) is 0 Å². The molecule has 1 aromatic carbocycles. The molecule has 0 aliphatic carbocycles. The number of hydrogen-bond acceptors (Lipinski definition) is 2. The van der Waals surface area contributed by atoms with Crippen molar-refractivity contribution in [1.82, 2.24) is 5.32 Å². The second-order valence-corrected chi connectivity index (χ2v) is 6.36. The molecule has 0 saturated heterocycles. The van der Waals surface area contributed by atoms with E-state index < -0.39 is 0 Å². The van der Waals surface area contributed by atoms with Gasteiger partial charge in [0.2, 0.25) is 0 Å². The lowest BCUT2D eigenvalue weighted by Crippen LogP contribution is -2.18. The molecule has 2 rings (SSSR count). The highest BCUT2D eigenvalue weighted by Crippen LogP contribution is 2.29. The molecule has 0 aliphatic heterocycles. The highest BCUT2D eigenvalue weighted by atomic mass is 79.9. The highest BCUT2D eigenvalue weighted by Gasteiger charge is 2.13. The smallest absolute Gasteiger partial charge is 0.0377 e. The Labute approximate surface area is 123 Å². The van der Waals surface area contributed by atoms with Gasteiger partial charge in [0, 0.05) is 20.4 Å². The molecule has 1 atom stereocenters. The van der Waals surface area contributed by atoms with Crippen LogP contribution in [0.1, 0.15) is 17.2 Å². The van der Waals surface area contributed by atoms with Crippen molar-refractivity contribution < 1.29 is 0 Å². The first kappa shape index (κ1) is 13.3. The van der Waals surface area contributed by atoms with Crippen molar-refractivity contribution in [1.29, 1.82) is 0 Å². The third-order valence-corrected chi connectivity index (χ3v) is 5.00. The molecule has 1 nitrogen and oxygen atoms in total. The van der Waals surface area contributed by atoms with Crippen molar-refractivity contribution in [3.05, 3.63) is 55.1 Å². The van der Waals surface area contributed by atoms with Gasteiger partial charge in [-0.05, 0) is 58.0 Å². The molecule has 17 heavy (non-hydrogen) atoms. The molecule has 2 aromatic rings. The van der Waals surface area contributed by atoms with Crippen LogP contribution in [-0.2, 0) is 6.42 Å². The molecule has 0 amide bonds. The number of halogens is 2. The molecule has 90 valence electrons. The fraction of sp³-hybridized carbons (Fsp3) is 0.231. The largest absolute Gasteiger partial charge is 0.313 e. The molecule has 0 spiro atoms. The van der Waals surface area contributed by atoms with Crippen LogP contribution in [0.15, 0.2) is 44.0 Å². The van der Waals surface area contributed by atoms with Gasteiger partial charge in [0.25, 0.3) is 0 Å². The lowest BCUT2D eigenvalue weighted by Gasteiger charge is -2.16. The molecule has 1 unspecified atom stereocenters. The number of likely N-dealkylation sites (N-methyl/N-ethyl adjacent to an activating group) is 1. The van der Waals surface area contributed by atoms with E-state index in [-0.39, 0.29) is 0 Å². The fourth-order valence-corrected chi connectivity index (χ4v) is 3.66. The predicted octanol–water partition coefficient (Wildman–Crippen LogP) is 4.78. The van der Waals surface area contributed by atoms with Gasteiger partial charge in [-0.15, -0.1) is 0 Å². The summed E-state index contributed by atoms with van der Waals surface area (Å²) in [5, 5.41) is 7.70. The first-order chi connectivity index (χ1) is 8.20. The van der Waals surface area contributed by atoms with Gasteiger partial charge >= 0.3 is 0 Å². The average molecular weight is 375 g/mol. The van der Waals surface area contributed by atoms with Crippen LogP contribution in [0.3, 0.4) is 0 Å². The quantitative estimate of drug-likeness (QED) is 0.812. The molecule has 0 saturated carbocycles. The monoisotopic (exact) mass is 373 g/mol. The summed E-state index contributed by atoms with van der Waals surface area (Å²) in [7, 11) is 2.01. The topological polar surface area (TPSA) is 12.0 Å². The van der Waals surface area contributed by atoms with Crippen LogP contribution in [0.5, 0.6) is 0 Å². The number of thiophene rings is 1. The summed E-state index contributed by atoms with van der Waals surface area (Å²) in [6, 6.07) is 8.86. The van der Waals surface area contributed by atoms with Crippen molar-refractivity contribution in [2.45, 2.75) is 12.5 Å². The van der Waals surface area contributed by atoms with E-state index in [1.807, 2.05) is 7.05 Å². The van der Waals surface area contributed by atoms with Gasteiger partial charge < -0.3 is 5.32 Å². The third-order valence-electron chi connectivity index (χ3n) is 2.72. The van der Waals surface area contributed by atoms with Gasteiger partial charge in [-0.1, -0.05) is 28.1 Å². The van der Waals surface area contributed by atoms with E-state index in [2.05, 4.69) is 72.2 Å². The predicted molar refractivity (Wildman–Crippen MR) is 81.7 cm³/mol. The van der Waals surface area contributed by atoms with Gasteiger partial charge in [-0.25, -0.2) is 0 Å². The summed E-state index contributed by atoms with van der Waals surface area (Å²) in [6.07, 6.45) is 0.999. The van der Waals surface area contributed by atoms with Gasteiger partial charge in [0.15, 0.2) is 0 Å². The van der Waals surface area contributed by atoms with Crippen LogP contribution >= 0.6 is 43.2 Å². The number of benzene rings is 1. The summed E-state index contributed by atoms with van der Waals surface area (Å²) in [4.78, 5) is 0. The minimum absolute atomic E-state index is 0.358. The van der Waals surface area contributed by atoms with E-state index in [1.165, 1.54) is 15.6 Å². The normalized spacial score (nSPS) is 12.6. The molecule has 0 bridgehead atoms. The first-order valence-corrected chi connectivity index (χ1v) is 7.87. The van der Waals surface area contributed by atoms with Crippen molar-refractivity contribution in [2.75, 3.05) is 7.05 Å². The van der Waals surface area contributed by atoms with E-state index in [1.54, 1.807) is 11.3 Å². The Morgan fingerprint density at radius 1 is 1.18 bits per heavy atom. The van der Waals surface area contributed by atoms with E-state index in [0.717, 1.165) is 10.9 Å².